The van der Waals surface area contributed by atoms with Gasteiger partial charge in [-0.2, -0.15) is 4.31 Å². The van der Waals surface area contributed by atoms with Gasteiger partial charge < -0.3 is 9.88 Å². The van der Waals surface area contributed by atoms with Crippen molar-refractivity contribution in [3.8, 4) is 0 Å². The Morgan fingerprint density at radius 2 is 2.21 bits per heavy atom. The van der Waals surface area contributed by atoms with Crippen molar-refractivity contribution in [1.82, 2.24) is 19.2 Å². The molecule has 19 heavy (non-hydrogen) atoms. The van der Waals surface area contributed by atoms with E-state index in [9.17, 15) is 8.42 Å². The van der Waals surface area contributed by atoms with Gasteiger partial charge in [0.15, 0.2) is 5.03 Å². The molecule has 0 amide bonds. The van der Waals surface area contributed by atoms with Gasteiger partial charge in [0, 0.05) is 31.9 Å². The maximum atomic E-state index is 12.6. The predicted octanol–water partition coefficient (Wildman–Crippen LogP) is 0.325. The van der Waals surface area contributed by atoms with Gasteiger partial charge in [-0.05, 0) is 32.2 Å². The number of hydrogen-bond acceptors (Lipinski definition) is 4. The third-order valence-electron chi connectivity index (χ3n) is 4.07. The first kappa shape index (κ1) is 13.1. The molecule has 0 saturated carbocycles. The van der Waals surface area contributed by atoms with Crippen LogP contribution in [0.1, 0.15) is 25.7 Å². The number of imidazole rings is 1. The molecule has 0 radical (unpaired) electrons. The van der Waals surface area contributed by atoms with Gasteiger partial charge in [0.25, 0.3) is 10.0 Å². The molecule has 0 bridgehead atoms. The van der Waals surface area contributed by atoms with Crippen LogP contribution in [0.2, 0.25) is 0 Å². The maximum Gasteiger partial charge on any atom is 0.262 e. The van der Waals surface area contributed by atoms with Crippen LogP contribution in [-0.4, -0.2) is 47.4 Å². The number of aromatic nitrogens is 2. The van der Waals surface area contributed by atoms with Crippen LogP contribution < -0.4 is 5.32 Å². The summed E-state index contributed by atoms with van der Waals surface area (Å²) in [5, 5.41) is 3.59. The lowest BCUT2D eigenvalue weighted by Crippen LogP contribution is -2.46. The Morgan fingerprint density at radius 1 is 1.37 bits per heavy atom. The van der Waals surface area contributed by atoms with E-state index in [-0.39, 0.29) is 11.1 Å². The zero-order valence-corrected chi connectivity index (χ0v) is 11.9. The average molecular weight is 284 g/mol. The lowest BCUT2D eigenvalue weighted by Gasteiger charge is -2.28. The summed E-state index contributed by atoms with van der Waals surface area (Å²) in [6, 6.07) is 0.399. The SMILES string of the molecule is Cn1cnc(S(=O)(=O)N2CCCC2C2CCCN2)c1. The summed E-state index contributed by atoms with van der Waals surface area (Å²) in [5.74, 6) is 0. The lowest BCUT2D eigenvalue weighted by molar-refractivity contribution is 0.321. The summed E-state index contributed by atoms with van der Waals surface area (Å²) in [5.41, 5.74) is 0. The maximum absolute atomic E-state index is 12.6. The molecule has 2 atom stereocenters. The molecule has 1 N–H and O–H groups in total. The molecule has 2 saturated heterocycles. The van der Waals surface area contributed by atoms with E-state index in [1.807, 2.05) is 0 Å². The largest absolute Gasteiger partial charge is 0.339 e. The van der Waals surface area contributed by atoms with Gasteiger partial charge in [-0.1, -0.05) is 0 Å². The Labute approximate surface area is 113 Å². The summed E-state index contributed by atoms with van der Waals surface area (Å²) in [4.78, 5) is 4.01. The number of nitrogens with zero attached hydrogens (tertiary/aromatic N) is 3. The molecular weight excluding hydrogens is 264 g/mol. The van der Waals surface area contributed by atoms with E-state index in [1.165, 1.54) is 6.33 Å². The summed E-state index contributed by atoms with van der Waals surface area (Å²) in [6.45, 7) is 1.61. The van der Waals surface area contributed by atoms with Gasteiger partial charge in [-0.3, -0.25) is 0 Å². The third kappa shape index (κ3) is 2.30. The Balaban J connectivity index is 1.87. The molecule has 1 aromatic heterocycles. The predicted molar refractivity (Wildman–Crippen MR) is 71.1 cm³/mol. The molecule has 2 fully saturated rings. The smallest absolute Gasteiger partial charge is 0.262 e. The zero-order chi connectivity index (χ0) is 13.5. The van der Waals surface area contributed by atoms with Crippen LogP contribution in [0.15, 0.2) is 17.6 Å². The van der Waals surface area contributed by atoms with E-state index < -0.39 is 10.0 Å². The van der Waals surface area contributed by atoms with Crippen LogP contribution >= 0.6 is 0 Å². The minimum atomic E-state index is -3.44. The molecule has 2 unspecified atom stereocenters. The van der Waals surface area contributed by atoms with E-state index in [0.717, 1.165) is 32.2 Å². The van der Waals surface area contributed by atoms with Gasteiger partial charge in [0.1, 0.15) is 0 Å². The Hall–Kier alpha value is -0.920. The van der Waals surface area contributed by atoms with Gasteiger partial charge in [-0.25, -0.2) is 13.4 Å². The molecule has 106 valence electrons. The zero-order valence-electron chi connectivity index (χ0n) is 11.1. The van der Waals surface area contributed by atoms with Crippen molar-refractivity contribution in [2.45, 2.75) is 42.8 Å². The average Bonchev–Trinajstić information content (AvgIpc) is 3.09. The second-order valence-corrected chi connectivity index (χ2v) is 7.24. The van der Waals surface area contributed by atoms with Crippen molar-refractivity contribution < 1.29 is 8.42 Å². The highest BCUT2D eigenvalue weighted by Crippen LogP contribution is 2.29. The van der Waals surface area contributed by atoms with Crippen molar-refractivity contribution in [3.63, 3.8) is 0 Å². The first-order valence-corrected chi connectivity index (χ1v) is 8.26. The fraction of sp³-hybridized carbons (Fsp3) is 0.750. The third-order valence-corrected chi connectivity index (χ3v) is 5.88. The number of sulfonamides is 1. The second kappa shape index (κ2) is 4.88. The van der Waals surface area contributed by atoms with Crippen LogP contribution in [0, 0.1) is 0 Å². The van der Waals surface area contributed by atoms with Crippen LogP contribution in [0.25, 0.3) is 0 Å². The molecule has 2 aliphatic rings. The minimum absolute atomic E-state index is 0.0921. The second-order valence-electron chi connectivity index (χ2n) is 5.41. The van der Waals surface area contributed by atoms with Crippen molar-refractivity contribution in [1.29, 1.82) is 0 Å². The van der Waals surface area contributed by atoms with E-state index in [4.69, 9.17) is 0 Å². The molecule has 3 heterocycles. The molecular formula is C12H20N4O2S. The highest BCUT2D eigenvalue weighted by atomic mass is 32.2. The number of nitrogens with one attached hydrogen (secondary N) is 1. The van der Waals surface area contributed by atoms with Crippen molar-refractivity contribution in [2.24, 2.45) is 7.05 Å². The topological polar surface area (TPSA) is 67.2 Å². The number of rotatable bonds is 3. The van der Waals surface area contributed by atoms with Crippen molar-refractivity contribution in [2.75, 3.05) is 13.1 Å². The Morgan fingerprint density at radius 3 is 2.84 bits per heavy atom. The highest BCUT2D eigenvalue weighted by Gasteiger charge is 2.41. The standard InChI is InChI=1S/C12H20N4O2S/c1-15-8-12(14-9-15)19(17,18)16-7-3-5-11(16)10-4-2-6-13-10/h8-11,13H,2-7H2,1H3. The lowest BCUT2D eigenvalue weighted by atomic mass is 10.1. The molecule has 2 aliphatic heterocycles. The van der Waals surface area contributed by atoms with E-state index in [2.05, 4.69) is 10.3 Å². The molecule has 3 rings (SSSR count). The molecule has 0 spiro atoms. The molecule has 6 nitrogen and oxygen atoms in total. The fourth-order valence-electron chi connectivity index (χ4n) is 3.15. The Bertz CT molecular complexity index is 548. The van der Waals surface area contributed by atoms with E-state index in [0.29, 0.717) is 12.6 Å². The van der Waals surface area contributed by atoms with Crippen molar-refractivity contribution >= 4 is 10.0 Å². The van der Waals surface area contributed by atoms with E-state index >= 15 is 0 Å². The fourth-order valence-corrected chi connectivity index (χ4v) is 4.85. The molecule has 7 heteroatoms. The van der Waals surface area contributed by atoms with Gasteiger partial charge >= 0.3 is 0 Å². The molecule has 0 aromatic carbocycles. The summed E-state index contributed by atoms with van der Waals surface area (Å²) >= 11 is 0. The monoisotopic (exact) mass is 284 g/mol. The summed E-state index contributed by atoms with van der Waals surface area (Å²) in [6.07, 6.45) is 7.20. The number of aryl methyl sites for hydroxylation is 1. The Kier molecular flexibility index (Phi) is 3.36. The minimum Gasteiger partial charge on any atom is -0.339 e. The van der Waals surface area contributed by atoms with Gasteiger partial charge in [0.2, 0.25) is 0 Å². The normalized spacial score (nSPS) is 29.1. The van der Waals surface area contributed by atoms with E-state index in [1.54, 1.807) is 22.1 Å². The van der Waals surface area contributed by atoms with Crippen LogP contribution in [0.5, 0.6) is 0 Å². The summed E-state index contributed by atoms with van der Waals surface area (Å²) < 4.78 is 28.6. The van der Waals surface area contributed by atoms with Gasteiger partial charge in [0.05, 0.1) is 6.33 Å². The first-order chi connectivity index (χ1) is 9.09. The molecule has 1 aromatic rings. The number of hydrogen-bond donors (Lipinski definition) is 1. The molecule has 0 aliphatic carbocycles. The first-order valence-electron chi connectivity index (χ1n) is 6.82. The van der Waals surface area contributed by atoms with Crippen LogP contribution in [-0.2, 0) is 17.1 Å². The highest BCUT2D eigenvalue weighted by molar-refractivity contribution is 7.89. The van der Waals surface area contributed by atoms with Crippen molar-refractivity contribution in [3.05, 3.63) is 12.5 Å². The quantitative estimate of drug-likeness (QED) is 0.868. The summed E-state index contributed by atoms with van der Waals surface area (Å²) in [7, 11) is -1.66. The van der Waals surface area contributed by atoms with Crippen LogP contribution in [0.4, 0.5) is 0 Å². The van der Waals surface area contributed by atoms with Crippen LogP contribution in [0.3, 0.4) is 0 Å². The van der Waals surface area contributed by atoms with Gasteiger partial charge in [-0.15, -0.1) is 0 Å².